The van der Waals surface area contributed by atoms with Crippen molar-refractivity contribution in [1.29, 1.82) is 0 Å². The fraction of sp³-hybridized carbons (Fsp3) is 0.417. The molecule has 0 aromatic heterocycles. The van der Waals surface area contributed by atoms with Crippen molar-refractivity contribution in [2.24, 2.45) is 0 Å². The molecule has 1 rings (SSSR count). The second kappa shape index (κ2) is 5.09. The van der Waals surface area contributed by atoms with Gasteiger partial charge in [-0.3, -0.25) is 4.79 Å². The molecular formula is C12H16O4. The first-order valence-electron chi connectivity index (χ1n) is 5.07. The maximum atomic E-state index is 10.4. The number of carboxylic acids is 1. The summed E-state index contributed by atoms with van der Waals surface area (Å²) in [7, 11) is 0. The Morgan fingerprint density at radius 3 is 2.19 bits per heavy atom. The van der Waals surface area contributed by atoms with Crippen molar-refractivity contribution in [3.05, 3.63) is 34.9 Å². The number of aryl methyl sites for hydroxylation is 2. The molecule has 0 saturated heterocycles. The molecule has 0 saturated carbocycles. The van der Waals surface area contributed by atoms with Crippen LogP contribution in [0.5, 0.6) is 0 Å². The average Bonchev–Trinajstić information content (AvgIpc) is 2.16. The zero-order valence-electron chi connectivity index (χ0n) is 9.34. The molecule has 2 unspecified atom stereocenters. The molecule has 0 bridgehead atoms. The number of carboxylic acid groups (broad SMARTS) is 1. The summed E-state index contributed by atoms with van der Waals surface area (Å²) in [6.07, 6.45) is -2.90. The molecule has 0 aliphatic heterocycles. The van der Waals surface area contributed by atoms with Crippen LogP contribution >= 0.6 is 0 Å². The monoisotopic (exact) mass is 224 g/mol. The van der Waals surface area contributed by atoms with E-state index in [9.17, 15) is 15.0 Å². The third-order valence-electron chi connectivity index (χ3n) is 2.59. The largest absolute Gasteiger partial charge is 0.481 e. The van der Waals surface area contributed by atoms with Gasteiger partial charge in [0.1, 0.15) is 6.10 Å². The van der Waals surface area contributed by atoms with E-state index in [1.807, 2.05) is 32.0 Å². The maximum Gasteiger partial charge on any atom is 0.306 e. The number of carbonyl (C=O) groups is 1. The lowest BCUT2D eigenvalue weighted by atomic mass is 9.94. The molecule has 0 fully saturated rings. The summed E-state index contributed by atoms with van der Waals surface area (Å²) in [4.78, 5) is 10.4. The lowest BCUT2D eigenvalue weighted by molar-refractivity contribution is -0.141. The zero-order chi connectivity index (χ0) is 12.3. The molecule has 4 heteroatoms. The van der Waals surface area contributed by atoms with Crippen LogP contribution in [-0.4, -0.2) is 27.4 Å². The fourth-order valence-corrected chi connectivity index (χ4v) is 1.78. The van der Waals surface area contributed by atoms with E-state index in [0.717, 1.165) is 11.1 Å². The van der Waals surface area contributed by atoms with Gasteiger partial charge in [-0.05, 0) is 30.5 Å². The van der Waals surface area contributed by atoms with Crippen LogP contribution < -0.4 is 0 Å². The van der Waals surface area contributed by atoms with Gasteiger partial charge in [0.15, 0.2) is 0 Å². The summed E-state index contributed by atoms with van der Waals surface area (Å²) in [5, 5.41) is 28.0. The quantitative estimate of drug-likeness (QED) is 0.717. The van der Waals surface area contributed by atoms with Gasteiger partial charge < -0.3 is 15.3 Å². The normalized spacial score (nSPS) is 14.5. The smallest absolute Gasteiger partial charge is 0.306 e. The van der Waals surface area contributed by atoms with Crippen LogP contribution in [0.15, 0.2) is 18.2 Å². The van der Waals surface area contributed by atoms with E-state index in [-0.39, 0.29) is 0 Å². The fourth-order valence-electron chi connectivity index (χ4n) is 1.78. The van der Waals surface area contributed by atoms with E-state index in [1.54, 1.807) is 0 Å². The predicted molar refractivity (Wildman–Crippen MR) is 59.1 cm³/mol. The third kappa shape index (κ3) is 2.81. The molecule has 1 aromatic rings. The molecule has 0 spiro atoms. The Kier molecular flexibility index (Phi) is 4.04. The molecule has 3 N–H and O–H groups in total. The first-order valence-corrected chi connectivity index (χ1v) is 5.07. The van der Waals surface area contributed by atoms with Crippen molar-refractivity contribution in [3.63, 3.8) is 0 Å². The van der Waals surface area contributed by atoms with E-state index in [1.165, 1.54) is 0 Å². The van der Waals surface area contributed by atoms with Gasteiger partial charge in [0, 0.05) is 0 Å². The van der Waals surface area contributed by atoms with E-state index in [0.29, 0.717) is 5.56 Å². The summed E-state index contributed by atoms with van der Waals surface area (Å²) in [6.45, 7) is 3.64. The lowest BCUT2D eigenvalue weighted by Gasteiger charge is -2.20. The number of rotatable bonds is 4. The lowest BCUT2D eigenvalue weighted by Crippen LogP contribution is -2.23. The minimum Gasteiger partial charge on any atom is -0.481 e. The van der Waals surface area contributed by atoms with Crippen LogP contribution in [0.2, 0.25) is 0 Å². The highest BCUT2D eigenvalue weighted by molar-refractivity contribution is 5.67. The Morgan fingerprint density at radius 1 is 1.25 bits per heavy atom. The van der Waals surface area contributed by atoms with Gasteiger partial charge >= 0.3 is 5.97 Å². The van der Waals surface area contributed by atoms with Crippen LogP contribution in [0.1, 0.15) is 29.2 Å². The maximum absolute atomic E-state index is 10.4. The van der Waals surface area contributed by atoms with Gasteiger partial charge in [-0.1, -0.05) is 18.2 Å². The molecule has 0 heterocycles. The van der Waals surface area contributed by atoms with Gasteiger partial charge in [-0.15, -0.1) is 0 Å². The number of hydrogen-bond donors (Lipinski definition) is 3. The van der Waals surface area contributed by atoms with Crippen LogP contribution in [0, 0.1) is 13.8 Å². The molecule has 0 aliphatic carbocycles. The van der Waals surface area contributed by atoms with E-state index in [4.69, 9.17) is 5.11 Å². The second-order valence-corrected chi connectivity index (χ2v) is 3.92. The molecule has 88 valence electrons. The third-order valence-corrected chi connectivity index (χ3v) is 2.59. The summed E-state index contributed by atoms with van der Waals surface area (Å²) in [5.74, 6) is -1.13. The molecular weight excluding hydrogens is 208 g/mol. The Balaban J connectivity index is 2.95. The first-order chi connectivity index (χ1) is 7.43. The zero-order valence-corrected chi connectivity index (χ0v) is 9.34. The Labute approximate surface area is 94.2 Å². The van der Waals surface area contributed by atoms with Crippen molar-refractivity contribution in [1.82, 2.24) is 0 Å². The highest BCUT2D eigenvalue weighted by Gasteiger charge is 2.23. The summed E-state index contributed by atoms with van der Waals surface area (Å²) in [6, 6.07) is 5.49. The van der Waals surface area contributed by atoms with Gasteiger partial charge in [0.25, 0.3) is 0 Å². The minimum atomic E-state index is -1.28. The van der Waals surface area contributed by atoms with E-state index >= 15 is 0 Å². The minimum absolute atomic E-state index is 0.463. The molecule has 2 atom stereocenters. The number of aliphatic carboxylic acids is 1. The summed E-state index contributed by atoms with van der Waals surface area (Å²) >= 11 is 0. The van der Waals surface area contributed by atoms with Crippen molar-refractivity contribution >= 4 is 5.97 Å². The van der Waals surface area contributed by atoms with Crippen molar-refractivity contribution in [3.8, 4) is 0 Å². The average molecular weight is 224 g/mol. The van der Waals surface area contributed by atoms with Crippen LogP contribution in [0.3, 0.4) is 0 Å². The van der Waals surface area contributed by atoms with Crippen molar-refractivity contribution < 1.29 is 20.1 Å². The van der Waals surface area contributed by atoms with Gasteiger partial charge in [-0.2, -0.15) is 0 Å². The highest BCUT2D eigenvalue weighted by Crippen LogP contribution is 2.25. The van der Waals surface area contributed by atoms with Crippen LogP contribution in [-0.2, 0) is 4.79 Å². The number of hydrogen-bond acceptors (Lipinski definition) is 3. The number of aliphatic hydroxyl groups excluding tert-OH is 2. The number of aliphatic hydroxyl groups is 2. The Morgan fingerprint density at radius 2 is 1.75 bits per heavy atom. The summed E-state index contributed by atoms with van der Waals surface area (Å²) in [5.41, 5.74) is 2.30. The van der Waals surface area contributed by atoms with E-state index in [2.05, 4.69) is 0 Å². The van der Waals surface area contributed by atoms with Crippen molar-refractivity contribution in [2.45, 2.75) is 32.5 Å². The van der Waals surface area contributed by atoms with Crippen LogP contribution in [0.25, 0.3) is 0 Å². The molecule has 0 amide bonds. The Hall–Kier alpha value is -1.39. The second-order valence-electron chi connectivity index (χ2n) is 3.92. The summed E-state index contributed by atoms with van der Waals surface area (Å²) < 4.78 is 0. The first kappa shape index (κ1) is 12.7. The standard InChI is InChI=1S/C12H16O4/c1-7-4-3-5-8(2)11(7)12(16)9(13)6-10(14)15/h3-5,9,12-13,16H,6H2,1-2H3,(H,14,15). The molecule has 0 aliphatic rings. The molecule has 16 heavy (non-hydrogen) atoms. The van der Waals surface area contributed by atoms with Crippen molar-refractivity contribution in [2.75, 3.05) is 0 Å². The predicted octanol–water partition coefficient (Wildman–Crippen LogP) is 1.17. The Bertz CT molecular complexity index is 366. The van der Waals surface area contributed by atoms with Gasteiger partial charge in [0.05, 0.1) is 12.5 Å². The SMILES string of the molecule is Cc1cccc(C)c1C(O)C(O)CC(=O)O. The van der Waals surface area contributed by atoms with Gasteiger partial charge in [-0.25, -0.2) is 0 Å². The van der Waals surface area contributed by atoms with Crippen LogP contribution in [0.4, 0.5) is 0 Å². The van der Waals surface area contributed by atoms with Gasteiger partial charge in [0.2, 0.25) is 0 Å². The molecule has 4 nitrogen and oxygen atoms in total. The number of benzene rings is 1. The van der Waals surface area contributed by atoms with E-state index < -0.39 is 24.6 Å². The molecule has 1 aromatic carbocycles. The highest BCUT2D eigenvalue weighted by atomic mass is 16.4. The molecule has 0 radical (unpaired) electrons. The topological polar surface area (TPSA) is 77.8 Å².